The Morgan fingerprint density at radius 3 is 1.36 bits per heavy atom. The van der Waals surface area contributed by atoms with Gasteiger partial charge in [0.2, 0.25) is 0 Å². The molecule has 0 amide bonds. The van der Waals surface area contributed by atoms with Gasteiger partial charge in [0, 0.05) is 22.0 Å². The van der Waals surface area contributed by atoms with Crippen LogP contribution in [-0.4, -0.2) is 21.5 Å². The third kappa shape index (κ3) is 5.12. The van der Waals surface area contributed by atoms with Crippen molar-refractivity contribution < 1.29 is 9.59 Å². The van der Waals surface area contributed by atoms with Crippen LogP contribution in [0, 0.1) is 10.8 Å². The molecule has 5 aromatic rings. The van der Waals surface area contributed by atoms with Gasteiger partial charge in [0.25, 0.3) is 0 Å². The van der Waals surface area contributed by atoms with Gasteiger partial charge in [-0.25, -0.2) is 9.97 Å². The van der Waals surface area contributed by atoms with E-state index >= 15 is 0 Å². The minimum Gasteiger partial charge on any atom is -0.298 e. The maximum Gasteiger partial charge on any atom is 0.156 e. The SMILES string of the molecule is CC(C)(C)C(=O)C(C(=O)C(C)(C)C)c1nc(-c2cccc3ccccc23)cc(-c2cccc3ccccc23)n1. The molecule has 0 fully saturated rings. The second-order valence-electron chi connectivity index (χ2n) is 12.2. The minimum atomic E-state index is -1.08. The second kappa shape index (κ2) is 9.85. The van der Waals surface area contributed by atoms with Gasteiger partial charge in [0.1, 0.15) is 11.7 Å². The Hall–Kier alpha value is -4.18. The molecule has 0 saturated heterocycles. The molecule has 4 aromatic carbocycles. The van der Waals surface area contributed by atoms with E-state index in [1.807, 2.05) is 96.1 Å². The van der Waals surface area contributed by atoms with E-state index in [1.165, 1.54) is 0 Å². The third-order valence-electron chi connectivity index (χ3n) is 7.14. The molecule has 0 spiro atoms. The van der Waals surface area contributed by atoms with Crippen molar-refractivity contribution in [3.63, 3.8) is 0 Å². The largest absolute Gasteiger partial charge is 0.298 e. The summed E-state index contributed by atoms with van der Waals surface area (Å²) in [5, 5.41) is 4.29. The Bertz CT molecular complexity index is 1590. The lowest BCUT2D eigenvalue weighted by molar-refractivity contribution is -0.138. The molecule has 5 rings (SSSR count). The van der Waals surface area contributed by atoms with Crippen LogP contribution in [0.15, 0.2) is 91.0 Å². The third-order valence-corrected chi connectivity index (χ3v) is 7.14. The van der Waals surface area contributed by atoms with Crippen molar-refractivity contribution in [3.05, 3.63) is 96.8 Å². The van der Waals surface area contributed by atoms with E-state index in [0.717, 1.165) is 32.7 Å². The number of carbonyl (C=O) groups is 2. The van der Waals surface area contributed by atoms with Crippen LogP contribution in [0.3, 0.4) is 0 Å². The molecule has 39 heavy (non-hydrogen) atoms. The minimum absolute atomic E-state index is 0.179. The van der Waals surface area contributed by atoms with Gasteiger partial charge in [0.05, 0.1) is 11.4 Å². The zero-order valence-electron chi connectivity index (χ0n) is 23.4. The predicted molar refractivity (Wildman–Crippen MR) is 160 cm³/mol. The van der Waals surface area contributed by atoms with Crippen molar-refractivity contribution in [2.24, 2.45) is 10.8 Å². The van der Waals surface area contributed by atoms with Crippen LogP contribution < -0.4 is 0 Å². The van der Waals surface area contributed by atoms with Gasteiger partial charge >= 0.3 is 0 Å². The smallest absolute Gasteiger partial charge is 0.156 e. The first-order chi connectivity index (χ1) is 18.4. The highest BCUT2D eigenvalue weighted by Gasteiger charge is 2.42. The van der Waals surface area contributed by atoms with E-state index in [4.69, 9.17) is 9.97 Å². The molecule has 0 N–H and O–H groups in total. The molecule has 1 aromatic heterocycles. The molecule has 4 heteroatoms. The summed E-state index contributed by atoms with van der Waals surface area (Å²) in [4.78, 5) is 37.7. The predicted octanol–water partition coefficient (Wildman–Crippen LogP) is 8.43. The van der Waals surface area contributed by atoms with E-state index in [0.29, 0.717) is 11.4 Å². The fourth-order valence-corrected chi connectivity index (χ4v) is 4.99. The van der Waals surface area contributed by atoms with Gasteiger partial charge in [-0.05, 0) is 27.6 Å². The number of benzene rings is 4. The van der Waals surface area contributed by atoms with E-state index in [9.17, 15) is 9.59 Å². The van der Waals surface area contributed by atoms with Gasteiger partial charge in [-0.15, -0.1) is 0 Å². The molecule has 0 unspecified atom stereocenters. The van der Waals surface area contributed by atoms with Crippen LogP contribution in [0.25, 0.3) is 44.1 Å². The molecule has 0 aliphatic carbocycles. The molecule has 4 nitrogen and oxygen atoms in total. The van der Waals surface area contributed by atoms with Crippen LogP contribution in [-0.2, 0) is 9.59 Å². The fourth-order valence-electron chi connectivity index (χ4n) is 4.99. The number of Topliss-reactive ketones (excluding diaryl/α,β-unsaturated/α-hetero) is 2. The normalized spacial score (nSPS) is 12.3. The number of nitrogens with zero attached hydrogens (tertiary/aromatic N) is 2. The second-order valence-corrected chi connectivity index (χ2v) is 12.2. The Morgan fingerprint density at radius 1 is 0.564 bits per heavy atom. The van der Waals surface area contributed by atoms with E-state index < -0.39 is 16.7 Å². The van der Waals surface area contributed by atoms with Crippen molar-refractivity contribution in [1.29, 1.82) is 0 Å². The number of rotatable bonds is 5. The maximum atomic E-state index is 13.9. The van der Waals surface area contributed by atoms with Crippen LogP contribution in [0.1, 0.15) is 53.3 Å². The monoisotopic (exact) mass is 514 g/mol. The van der Waals surface area contributed by atoms with Gasteiger partial charge in [-0.2, -0.15) is 0 Å². The Labute approximate surface area is 230 Å². The first-order valence-corrected chi connectivity index (χ1v) is 13.4. The summed E-state index contributed by atoms with van der Waals surface area (Å²) in [6, 6.07) is 30.5. The van der Waals surface area contributed by atoms with Gasteiger partial charge < -0.3 is 0 Å². The van der Waals surface area contributed by atoms with Crippen LogP contribution in [0.2, 0.25) is 0 Å². The molecular weight excluding hydrogens is 480 g/mol. The number of hydrogen-bond donors (Lipinski definition) is 0. The zero-order chi connectivity index (χ0) is 27.9. The maximum absolute atomic E-state index is 13.9. The summed E-state index contributed by atoms with van der Waals surface area (Å²) < 4.78 is 0. The zero-order valence-corrected chi connectivity index (χ0v) is 23.4. The molecule has 0 atom stereocenters. The lowest BCUT2D eigenvalue weighted by Crippen LogP contribution is -2.38. The number of fused-ring (bicyclic) bond motifs is 2. The van der Waals surface area contributed by atoms with Crippen molar-refractivity contribution in [2.75, 3.05) is 0 Å². The Morgan fingerprint density at radius 2 is 0.949 bits per heavy atom. The summed E-state index contributed by atoms with van der Waals surface area (Å²) in [6.45, 7) is 11.1. The van der Waals surface area contributed by atoms with Crippen molar-refractivity contribution in [1.82, 2.24) is 9.97 Å². The topological polar surface area (TPSA) is 59.9 Å². The van der Waals surface area contributed by atoms with Crippen molar-refractivity contribution >= 4 is 33.1 Å². The van der Waals surface area contributed by atoms with E-state index in [2.05, 4.69) is 36.4 Å². The summed E-state index contributed by atoms with van der Waals surface area (Å²) in [5.74, 6) is -1.18. The van der Waals surface area contributed by atoms with Crippen LogP contribution in [0.4, 0.5) is 0 Å². The average molecular weight is 515 g/mol. The van der Waals surface area contributed by atoms with E-state index in [-0.39, 0.29) is 17.4 Å². The Kier molecular flexibility index (Phi) is 6.67. The number of carbonyl (C=O) groups excluding carboxylic acids is 2. The number of ketones is 2. The lowest BCUT2D eigenvalue weighted by atomic mass is 9.74. The molecule has 0 aliphatic heterocycles. The molecule has 0 bridgehead atoms. The molecule has 0 saturated carbocycles. The first-order valence-electron chi connectivity index (χ1n) is 13.4. The lowest BCUT2D eigenvalue weighted by Gasteiger charge is -2.28. The highest BCUT2D eigenvalue weighted by atomic mass is 16.2. The van der Waals surface area contributed by atoms with Gasteiger partial charge in [-0.3, -0.25) is 9.59 Å². The molecule has 1 heterocycles. The van der Waals surface area contributed by atoms with Gasteiger partial charge in [0.15, 0.2) is 11.6 Å². The highest BCUT2D eigenvalue weighted by Crippen LogP contribution is 2.37. The summed E-state index contributed by atoms with van der Waals surface area (Å²) >= 11 is 0. The quantitative estimate of drug-likeness (QED) is 0.221. The summed E-state index contributed by atoms with van der Waals surface area (Å²) in [6.07, 6.45) is 0. The summed E-state index contributed by atoms with van der Waals surface area (Å²) in [5.41, 5.74) is 1.75. The molecule has 0 aliphatic rings. The fraction of sp³-hybridized carbons (Fsp3) is 0.257. The van der Waals surface area contributed by atoms with Crippen molar-refractivity contribution in [2.45, 2.75) is 47.5 Å². The number of aromatic nitrogens is 2. The summed E-state index contributed by atoms with van der Waals surface area (Å²) in [7, 11) is 0. The number of hydrogen-bond acceptors (Lipinski definition) is 4. The molecule has 196 valence electrons. The van der Waals surface area contributed by atoms with Crippen molar-refractivity contribution in [3.8, 4) is 22.5 Å². The van der Waals surface area contributed by atoms with Crippen LogP contribution >= 0.6 is 0 Å². The average Bonchev–Trinajstić information content (AvgIpc) is 2.91. The van der Waals surface area contributed by atoms with E-state index in [1.54, 1.807) is 0 Å². The highest BCUT2D eigenvalue weighted by molar-refractivity contribution is 6.11. The Balaban J connectivity index is 1.84. The van der Waals surface area contributed by atoms with Gasteiger partial charge in [-0.1, -0.05) is 126 Å². The first kappa shape index (κ1) is 26.4. The standard InChI is InChI=1S/C35H34N2O2/c1-34(2,3)31(38)30(32(39)35(4,5)6)33-36-28(26-19-11-15-22-13-7-9-17-24(22)26)21-29(37-33)27-20-12-16-23-14-8-10-18-25(23)27/h7-21,30H,1-6H3. The molecular formula is C35H34N2O2. The molecule has 0 radical (unpaired) electrons. The van der Waals surface area contributed by atoms with Crippen LogP contribution in [0.5, 0.6) is 0 Å².